The number of aromatic nitrogens is 2. The van der Waals surface area contributed by atoms with E-state index in [-0.39, 0.29) is 23.9 Å². The van der Waals surface area contributed by atoms with E-state index in [1.165, 1.54) is 0 Å². The molecule has 0 saturated heterocycles. The highest BCUT2D eigenvalue weighted by Crippen LogP contribution is 2.28. The Balaban J connectivity index is 3.42. The van der Waals surface area contributed by atoms with Gasteiger partial charge in [-0.25, -0.2) is 31.3 Å². The van der Waals surface area contributed by atoms with Crippen molar-refractivity contribution in [2.24, 2.45) is 23.2 Å². The lowest BCUT2D eigenvalue weighted by atomic mass is 10.3. The van der Waals surface area contributed by atoms with Crippen LogP contribution < -0.4 is 33.2 Å². The number of hydrogen-bond donors (Lipinski definition) is 5. The molecular formula is C8H14N8O3. The number of carbonyl (C=O) groups is 2. The zero-order valence-electron chi connectivity index (χ0n) is 10.1. The van der Waals surface area contributed by atoms with Crippen molar-refractivity contribution in [3.05, 3.63) is 5.69 Å². The number of nitrogens with zero attached hydrogens (tertiary/aromatic N) is 4. The van der Waals surface area contributed by atoms with Gasteiger partial charge in [0, 0.05) is 0 Å². The fourth-order valence-corrected chi connectivity index (χ4v) is 1.20. The number of anilines is 2. The molecule has 4 amide bonds. The Morgan fingerprint density at radius 2 is 1.68 bits per heavy atom. The molecule has 0 aliphatic carbocycles. The maximum absolute atomic E-state index is 11.0. The second-order valence-corrected chi connectivity index (χ2v) is 3.41. The van der Waals surface area contributed by atoms with Crippen LogP contribution in [0.2, 0.25) is 0 Å². The van der Waals surface area contributed by atoms with Crippen LogP contribution in [0.1, 0.15) is 12.6 Å². The van der Waals surface area contributed by atoms with Gasteiger partial charge in [0.2, 0.25) is 0 Å². The first-order chi connectivity index (χ1) is 8.79. The summed E-state index contributed by atoms with van der Waals surface area (Å²) in [5.41, 5.74) is 10.1. The molecule has 1 aromatic rings. The van der Waals surface area contributed by atoms with Crippen LogP contribution in [-0.4, -0.2) is 27.1 Å². The number of rotatable bonds is 3. The van der Waals surface area contributed by atoms with Gasteiger partial charge >= 0.3 is 12.1 Å². The van der Waals surface area contributed by atoms with Crippen molar-refractivity contribution < 1.29 is 14.7 Å². The van der Waals surface area contributed by atoms with E-state index in [0.29, 0.717) is 10.0 Å². The minimum Gasteiger partial charge on any atom is -0.503 e. The number of amides is 4. The molecule has 1 aromatic heterocycles. The van der Waals surface area contributed by atoms with Gasteiger partial charge in [0.15, 0.2) is 11.6 Å². The zero-order valence-corrected chi connectivity index (χ0v) is 10.1. The minimum absolute atomic E-state index is 0.119. The van der Waals surface area contributed by atoms with Crippen LogP contribution in [0.15, 0.2) is 0 Å². The molecule has 0 atom stereocenters. The van der Waals surface area contributed by atoms with E-state index in [4.69, 9.17) is 23.2 Å². The lowest BCUT2D eigenvalue weighted by molar-refractivity contribution is 0.253. The van der Waals surface area contributed by atoms with Crippen molar-refractivity contribution in [3.63, 3.8) is 0 Å². The Hall–Kier alpha value is -2.66. The molecule has 0 aliphatic heterocycles. The molecule has 0 bridgehead atoms. The van der Waals surface area contributed by atoms with Gasteiger partial charge in [0.1, 0.15) is 0 Å². The molecule has 104 valence electrons. The van der Waals surface area contributed by atoms with Crippen molar-refractivity contribution in [1.29, 1.82) is 0 Å². The summed E-state index contributed by atoms with van der Waals surface area (Å²) in [5.74, 6) is 9.53. The third-order valence-electron chi connectivity index (χ3n) is 2.18. The van der Waals surface area contributed by atoms with Gasteiger partial charge in [-0.05, 0) is 6.42 Å². The van der Waals surface area contributed by atoms with Crippen LogP contribution in [0, 0.1) is 0 Å². The quantitative estimate of drug-likeness (QED) is 0.244. The molecule has 0 aromatic carbocycles. The normalized spacial score (nSPS) is 10.1. The van der Waals surface area contributed by atoms with Crippen LogP contribution in [0.3, 0.4) is 0 Å². The van der Waals surface area contributed by atoms with Crippen LogP contribution in [0.25, 0.3) is 0 Å². The van der Waals surface area contributed by atoms with Gasteiger partial charge in [-0.3, -0.25) is 0 Å². The standard InChI is InChI=1S/C8H14N8O3/c1-2-3-4(17)5(15(11)6(9)18)14-8(13-3)16(12)7(10)19/h17H,2,11-12H2,1H3,(H2,9,18)(H2,10,19). The number of nitrogens with two attached hydrogens (primary N) is 4. The van der Waals surface area contributed by atoms with E-state index in [2.05, 4.69) is 9.97 Å². The molecule has 1 heterocycles. The van der Waals surface area contributed by atoms with Crippen LogP contribution in [0.5, 0.6) is 5.75 Å². The van der Waals surface area contributed by atoms with Crippen molar-refractivity contribution in [3.8, 4) is 5.75 Å². The van der Waals surface area contributed by atoms with Gasteiger partial charge in [0.25, 0.3) is 5.95 Å². The first-order valence-electron chi connectivity index (χ1n) is 5.08. The first kappa shape index (κ1) is 14.4. The second kappa shape index (κ2) is 5.32. The second-order valence-electron chi connectivity index (χ2n) is 3.41. The summed E-state index contributed by atoms with van der Waals surface area (Å²) in [6, 6.07) is -2.09. The highest BCUT2D eigenvalue weighted by molar-refractivity contribution is 5.91. The molecule has 11 heteroatoms. The van der Waals surface area contributed by atoms with E-state index < -0.39 is 17.8 Å². The average Bonchev–Trinajstić information content (AvgIpc) is 2.37. The molecule has 0 spiro atoms. The lowest BCUT2D eigenvalue weighted by Gasteiger charge is -2.19. The molecule has 9 N–H and O–H groups in total. The summed E-state index contributed by atoms with van der Waals surface area (Å²) in [7, 11) is 0. The van der Waals surface area contributed by atoms with Crippen molar-refractivity contribution in [1.82, 2.24) is 9.97 Å². The lowest BCUT2D eigenvalue weighted by Crippen LogP contribution is -2.45. The summed E-state index contributed by atoms with van der Waals surface area (Å²) in [6.45, 7) is 1.67. The maximum Gasteiger partial charge on any atom is 0.336 e. The van der Waals surface area contributed by atoms with Crippen molar-refractivity contribution in [2.45, 2.75) is 13.3 Å². The number of hydrazine groups is 2. The highest BCUT2D eigenvalue weighted by atomic mass is 16.3. The third kappa shape index (κ3) is 2.78. The number of urea groups is 2. The third-order valence-corrected chi connectivity index (χ3v) is 2.18. The number of aryl methyl sites for hydroxylation is 1. The summed E-state index contributed by atoms with van der Waals surface area (Å²) < 4.78 is 0. The monoisotopic (exact) mass is 270 g/mol. The van der Waals surface area contributed by atoms with Crippen molar-refractivity contribution in [2.75, 3.05) is 10.0 Å². The Morgan fingerprint density at radius 1 is 1.16 bits per heavy atom. The minimum atomic E-state index is -1.07. The molecule has 11 nitrogen and oxygen atoms in total. The highest BCUT2D eigenvalue weighted by Gasteiger charge is 2.22. The summed E-state index contributed by atoms with van der Waals surface area (Å²) >= 11 is 0. The van der Waals surface area contributed by atoms with E-state index >= 15 is 0 Å². The molecule has 0 fully saturated rings. The molecule has 1 rings (SSSR count). The molecule has 0 saturated carbocycles. The molecular weight excluding hydrogens is 256 g/mol. The van der Waals surface area contributed by atoms with E-state index in [1.54, 1.807) is 6.92 Å². The molecule has 19 heavy (non-hydrogen) atoms. The predicted molar refractivity (Wildman–Crippen MR) is 65.6 cm³/mol. The fourth-order valence-electron chi connectivity index (χ4n) is 1.20. The number of hydrogen-bond acceptors (Lipinski definition) is 7. The summed E-state index contributed by atoms with van der Waals surface area (Å²) in [4.78, 5) is 29.4. The summed E-state index contributed by atoms with van der Waals surface area (Å²) in [6.07, 6.45) is 0.271. The fraction of sp³-hybridized carbons (Fsp3) is 0.250. The Labute approximate surface area is 107 Å². The molecule has 0 radical (unpaired) electrons. The van der Waals surface area contributed by atoms with Crippen LogP contribution in [0.4, 0.5) is 21.4 Å². The topological polar surface area (TPSA) is 191 Å². The van der Waals surface area contributed by atoms with Crippen molar-refractivity contribution >= 4 is 23.8 Å². The number of aromatic hydroxyl groups is 1. The van der Waals surface area contributed by atoms with Gasteiger partial charge in [-0.15, -0.1) is 0 Å². The maximum atomic E-state index is 11.0. The largest absolute Gasteiger partial charge is 0.503 e. The van der Waals surface area contributed by atoms with Crippen LogP contribution in [-0.2, 0) is 6.42 Å². The first-order valence-corrected chi connectivity index (χ1v) is 5.08. The molecule has 0 aliphatic rings. The number of carbonyl (C=O) groups excluding carboxylic acids is 2. The van der Waals surface area contributed by atoms with Crippen LogP contribution >= 0.6 is 0 Å². The molecule has 0 unspecified atom stereocenters. The average molecular weight is 270 g/mol. The zero-order chi connectivity index (χ0) is 14.7. The summed E-state index contributed by atoms with van der Waals surface area (Å²) in [5, 5.41) is 10.7. The number of primary amides is 2. The van der Waals surface area contributed by atoms with E-state index in [0.717, 1.165) is 0 Å². The van der Waals surface area contributed by atoms with Gasteiger partial charge < -0.3 is 16.6 Å². The van der Waals surface area contributed by atoms with E-state index in [1.807, 2.05) is 0 Å². The SMILES string of the molecule is CCc1nc(N(N)C(N)=O)nc(N(N)C(N)=O)c1O. The Morgan fingerprint density at radius 3 is 2.11 bits per heavy atom. The predicted octanol–water partition coefficient (Wildman–Crippen LogP) is -1.74. The smallest absolute Gasteiger partial charge is 0.336 e. The Kier molecular flexibility index (Phi) is 4.04. The van der Waals surface area contributed by atoms with Gasteiger partial charge in [-0.2, -0.15) is 9.99 Å². The van der Waals surface area contributed by atoms with E-state index in [9.17, 15) is 14.7 Å². The Bertz CT molecular complexity index is 519. The van der Waals surface area contributed by atoms with Gasteiger partial charge in [-0.1, -0.05) is 6.92 Å². The van der Waals surface area contributed by atoms with Gasteiger partial charge in [0.05, 0.1) is 5.69 Å².